The van der Waals surface area contributed by atoms with Crippen LogP contribution >= 0.6 is 24.0 Å². The van der Waals surface area contributed by atoms with Crippen molar-refractivity contribution in [1.29, 1.82) is 0 Å². The molecule has 0 amide bonds. The van der Waals surface area contributed by atoms with Crippen molar-refractivity contribution < 1.29 is 4.74 Å². The zero-order valence-electron chi connectivity index (χ0n) is 18.2. The number of halogens is 1. The zero-order chi connectivity index (χ0) is 19.7. The van der Waals surface area contributed by atoms with Gasteiger partial charge in [0, 0.05) is 26.2 Å². The molecule has 1 unspecified atom stereocenters. The van der Waals surface area contributed by atoms with Crippen molar-refractivity contribution in [2.75, 3.05) is 46.4 Å². The molecule has 1 aromatic rings. The number of hydrogen-bond donors (Lipinski definition) is 2. The van der Waals surface area contributed by atoms with Crippen molar-refractivity contribution in [3.05, 3.63) is 35.9 Å². The van der Waals surface area contributed by atoms with E-state index in [1.54, 1.807) is 0 Å². The van der Waals surface area contributed by atoms with E-state index in [1.165, 1.54) is 18.5 Å². The van der Waals surface area contributed by atoms with Gasteiger partial charge in [0.15, 0.2) is 5.96 Å². The highest BCUT2D eigenvalue weighted by atomic mass is 127. The van der Waals surface area contributed by atoms with E-state index in [4.69, 9.17) is 4.74 Å². The maximum atomic E-state index is 5.73. The predicted octanol–water partition coefficient (Wildman–Crippen LogP) is 3.93. The molecule has 0 bridgehead atoms. The lowest BCUT2D eigenvalue weighted by Gasteiger charge is -2.21. The molecular formula is C22H41IN4O. The summed E-state index contributed by atoms with van der Waals surface area (Å²) in [6.07, 6.45) is 4.32. The molecule has 0 heterocycles. The van der Waals surface area contributed by atoms with Gasteiger partial charge in [-0.2, -0.15) is 0 Å². The quantitative estimate of drug-likeness (QED) is 0.175. The summed E-state index contributed by atoms with van der Waals surface area (Å²) in [6.45, 7) is 12.5. The smallest absolute Gasteiger partial charge is 0.191 e. The molecule has 162 valence electrons. The minimum atomic E-state index is 0. The Bertz CT molecular complexity index is 495. The average molecular weight is 505 g/mol. The first-order valence-electron chi connectivity index (χ1n) is 10.5. The number of aliphatic imine (C=N–C) groups is 1. The molecule has 1 atom stereocenters. The lowest BCUT2D eigenvalue weighted by Crippen LogP contribution is -2.43. The molecule has 0 saturated heterocycles. The number of benzene rings is 1. The largest absolute Gasteiger partial charge is 0.381 e. The Morgan fingerprint density at radius 1 is 1.11 bits per heavy atom. The molecule has 0 aromatic heterocycles. The summed E-state index contributed by atoms with van der Waals surface area (Å²) in [5.41, 5.74) is 1.33. The molecule has 0 fully saturated rings. The van der Waals surface area contributed by atoms with Gasteiger partial charge < -0.3 is 20.3 Å². The standard InChI is InChI=1S/C22H40N4O.HI/c1-5-26(6-2)17-10-12-20(3)25-22(23-4)24-16-11-18-27-19-15-21-13-8-7-9-14-21;/h7-9,13-14,20H,5-6,10-12,15-19H2,1-4H3,(H2,23,24,25);1H. The van der Waals surface area contributed by atoms with Gasteiger partial charge in [-0.15, -0.1) is 24.0 Å². The molecule has 0 radical (unpaired) electrons. The molecule has 6 heteroatoms. The third-order valence-electron chi connectivity index (χ3n) is 4.75. The van der Waals surface area contributed by atoms with Gasteiger partial charge in [0.25, 0.3) is 0 Å². The summed E-state index contributed by atoms with van der Waals surface area (Å²) in [6, 6.07) is 10.9. The van der Waals surface area contributed by atoms with Crippen LogP contribution in [0.15, 0.2) is 35.3 Å². The van der Waals surface area contributed by atoms with E-state index in [0.29, 0.717) is 6.04 Å². The van der Waals surface area contributed by atoms with Crippen molar-refractivity contribution in [2.24, 2.45) is 4.99 Å². The van der Waals surface area contributed by atoms with Crippen LogP contribution < -0.4 is 10.6 Å². The van der Waals surface area contributed by atoms with Crippen LogP contribution in [-0.4, -0.2) is 63.3 Å². The third kappa shape index (κ3) is 13.3. The van der Waals surface area contributed by atoms with Crippen LogP contribution in [0.25, 0.3) is 0 Å². The second-order valence-corrected chi connectivity index (χ2v) is 6.92. The molecule has 1 rings (SSSR count). The lowest BCUT2D eigenvalue weighted by molar-refractivity contribution is 0.135. The Balaban J connectivity index is 0.00000729. The van der Waals surface area contributed by atoms with Crippen molar-refractivity contribution in [2.45, 2.75) is 52.5 Å². The fraction of sp³-hybridized carbons (Fsp3) is 0.682. The zero-order valence-corrected chi connectivity index (χ0v) is 20.6. The van der Waals surface area contributed by atoms with E-state index in [0.717, 1.165) is 58.1 Å². The highest BCUT2D eigenvalue weighted by molar-refractivity contribution is 14.0. The van der Waals surface area contributed by atoms with Gasteiger partial charge in [0.05, 0.1) is 6.61 Å². The van der Waals surface area contributed by atoms with Gasteiger partial charge in [-0.25, -0.2) is 0 Å². The highest BCUT2D eigenvalue weighted by Gasteiger charge is 2.06. The summed E-state index contributed by atoms with van der Waals surface area (Å²) in [5, 5.41) is 6.86. The topological polar surface area (TPSA) is 48.9 Å². The number of ether oxygens (including phenoxy) is 1. The van der Waals surface area contributed by atoms with E-state index in [2.05, 4.69) is 65.6 Å². The molecule has 2 N–H and O–H groups in total. The van der Waals surface area contributed by atoms with Crippen molar-refractivity contribution in [1.82, 2.24) is 15.5 Å². The van der Waals surface area contributed by atoms with Gasteiger partial charge in [-0.3, -0.25) is 4.99 Å². The molecular weight excluding hydrogens is 463 g/mol. The fourth-order valence-electron chi connectivity index (χ4n) is 2.98. The van der Waals surface area contributed by atoms with E-state index in [9.17, 15) is 0 Å². The number of guanidine groups is 1. The molecule has 0 saturated carbocycles. The van der Waals surface area contributed by atoms with Crippen LogP contribution in [0.1, 0.15) is 45.6 Å². The van der Waals surface area contributed by atoms with Gasteiger partial charge in [0.2, 0.25) is 0 Å². The maximum absolute atomic E-state index is 5.73. The van der Waals surface area contributed by atoms with Crippen LogP contribution in [-0.2, 0) is 11.2 Å². The first-order chi connectivity index (χ1) is 13.2. The first kappa shape index (κ1) is 27.1. The molecule has 1 aromatic carbocycles. The lowest BCUT2D eigenvalue weighted by atomic mass is 10.2. The summed E-state index contributed by atoms with van der Waals surface area (Å²) in [7, 11) is 1.83. The Morgan fingerprint density at radius 3 is 2.46 bits per heavy atom. The van der Waals surface area contributed by atoms with Crippen LogP contribution in [0.2, 0.25) is 0 Å². The van der Waals surface area contributed by atoms with Gasteiger partial charge in [-0.05, 0) is 57.8 Å². The van der Waals surface area contributed by atoms with E-state index in [1.807, 2.05) is 13.1 Å². The summed E-state index contributed by atoms with van der Waals surface area (Å²) < 4.78 is 5.73. The summed E-state index contributed by atoms with van der Waals surface area (Å²) in [5.74, 6) is 0.884. The van der Waals surface area contributed by atoms with Crippen LogP contribution in [0.5, 0.6) is 0 Å². The minimum Gasteiger partial charge on any atom is -0.381 e. The van der Waals surface area contributed by atoms with Gasteiger partial charge in [0.1, 0.15) is 0 Å². The summed E-state index contributed by atoms with van der Waals surface area (Å²) in [4.78, 5) is 6.79. The molecule has 5 nitrogen and oxygen atoms in total. The first-order valence-corrected chi connectivity index (χ1v) is 10.5. The average Bonchev–Trinajstić information content (AvgIpc) is 2.70. The SMILES string of the molecule is CCN(CC)CCCC(C)NC(=NC)NCCCOCCc1ccccc1.I. The van der Waals surface area contributed by atoms with Gasteiger partial charge in [-0.1, -0.05) is 44.2 Å². The molecule has 0 spiro atoms. The summed E-state index contributed by atoms with van der Waals surface area (Å²) >= 11 is 0. The maximum Gasteiger partial charge on any atom is 0.191 e. The fourth-order valence-corrected chi connectivity index (χ4v) is 2.98. The Morgan fingerprint density at radius 2 is 1.82 bits per heavy atom. The molecule has 0 aliphatic heterocycles. The second-order valence-electron chi connectivity index (χ2n) is 6.92. The number of nitrogens with zero attached hydrogens (tertiary/aromatic N) is 2. The predicted molar refractivity (Wildman–Crippen MR) is 132 cm³/mol. The highest BCUT2D eigenvalue weighted by Crippen LogP contribution is 2.00. The normalized spacial score (nSPS) is 12.5. The van der Waals surface area contributed by atoms with E-state index in [-0.39, 0.29) is 24.0 Å². The third-order valence-corrected chi connectivity index (χ3v) is 4.75. The number of rotatable bonds is 14. The number of hydrogen-bond acceptors (Lipinski definition) is 3. The van der Waals surface area contributed by atoms with E-state index < -0.39 is 0 Å². The Kier molecular flexibility index (Phi) is 17.6. The van der Waals surface area contributed by atoms with Crippen molar-refractivity contribution in [3.63, 3.8) is 0 Å². The second kappa shape index (κ2) is 18.2. The Labute approximate surface area is 189 Å². The van der Waals surface area contributed by atoms with Crippen LogP contribution in [0.4, 0.5) is 0 Å². The van der Waals surface area contributed by atoms with E-state index >= 15 is 0 Å². The monoisotopic (exact) mass is 504 g/mol. The van der Waals surface area contributed by atoms with Crippen LogP contribution in [0, 0.1) is 0 Å². The van der Waals surface area contributed by atoms with Gasteiger partial charge >= 0.3 is 0 Å². The van der Waals surface area contributed by atoms with Crippen LogP contribution in [0.3, 0.4) is 0 Å². The molecule has 0 aliphatic carbocycles. The van der Waals surface area contributed by atoms with Crippen molar-refractivity contribution >= 4 is 29.9 Å². The Hall–Kier alpha value is -0.860. The molecule has 28 heavy (non-hydrogen) atoms. The number of nitrogens with one attached hydrogen (secondary N) is 2. The van der Waals surface area contributed by atoms with Crippen molar-refractivity contribution in [3.8, 4) is 0 Å². The minimum absolute atomic E-state index is 0. The molecule has 0 aliphatic rings.